The molecule has 0 aromatic heterocycles. The molecule has 0 aliphatic carbocycles. The highest BCUT2D eigenvalue weighted by atomic mass is 32.2. The van der Waals surface area contributed by atoms with Crippen LogP contribution in [0.5, 0.6) is 0 Å². The molecule has 0 saturated carbocycles. The summed E-state index contributed by atoms with van der Waals surface area (Å²) >= 11 is 1.25. The molecule has 0 fully saturated rings. The molecule has 0 heterocycles. The summed E-state index contributed by atoms with van der Waals surface area (Å²) in [6.45, 7) is 1.93. The van der Waals surface area contributed by atoms with Gasteiger partial charge in [0.25, 0.3) is 0 Å². The first-order valence-electron chi connectivity index (χ1n) is 7.79. The first-order chi connectivity index (χ1) is 12.1. The smallest absolute Gasteiger partial charge is 0.323 e. The van der Waals surface area contributed by atoms with E-state index in [2.05, 4.69) is 4.74 Å². The van der Waals surface area contributed by atoms with E-state index >= 15 is 0 Å². The largest absolute Gasteiger partial charge is 0.469 e. The van der Waals surface area contributed by atoms with Crippen molar-refractivity contribution in [3.05, 3.63) is 65.5 Å². The van der Waals surface area contributed by atoms with Crippen LogP contribution in [-0.2, 0) is 25.5 Å². The number of esters is 2. The fraction of sp³-hybridized carbons (Fsp3) is 0.263. The Hall–Kier alpha value is -2.34. The van der Waals surface area contributed by atoms with Gasteiger partial charge in [0.15, 0.2) is 0 Å². The number of hydrogen-bond donors (Lipinski definition) is 0. The lowest BCUT2D eigenvalue weighted by molar-refractivity contribution is -0.143. The highest BCUT2D eigenvalue weighted by molar-refractivity contribution is 8.00. The van der Waals surface area contributed by atoms with Crippen LogP contribution in [0.15, 0.2) is 53.4 Å². The summed E-state index contributed by atoms with van der Waals surface area (Å²) < 4.78 is 24.1. The van der Waals surface area contributed by atoms with Crippen LogP contribution in [0.2, 0.25) is 0 Å². The molecule has 2 aromatic carbocycles. The van der Waals surface area contributed by atoms with Gasteiger partial charge in [0, 0.05) is 10.5 Å². The van der Waals surface area contributed by atoms with Crippen molar-refractivity contribution in [3.63, 3.8) is 0 Å². The molecule has 0 radical (unpaired) electrons. The predicted molar refractivity (Wildman–Crippen MR) is 93.8 cm³/mol. The third kappa shape index (κ3) is 5.06. The topological polar surface area (TPSA) is 52.6 Å². The molecule has 0 saturated heterocycles. The van der Waals surface area contributed by atoms with Gasteiger partial charge in [-0.25, -0.2) is 4.39 Å². The molecule has 132 valence electrons. The molecule has 0 aliphatic rings. The summed E-state index contributed by atoms with van der Waals surface area (Å²) in [6.07, 6.45) is -0.246. The molecular weight excluding hydrogens is 343 g/mol. The van der Waals surface area contributed by atoms with E-state index in [4.69, 9.17) is 4.74 Å². The lowest BCUT2D eigenvalue weighted by Crippen LogP contribution is -2.17. The second-order valence-corrected chi connectivity index (χ2v) is 6.30. The molecule has 1 atom stereocenters. The zero-order chi connectivity index (χ0) is 18.2. The number of ether oxygens (including phenoxy) is 2. The molecule has 0 N–H and O–H groups in total. The van der Waals surface area contributed by atoms with Crippen molar-refractivity contribution in [2.45, 2.75) is 23.5 Å². The number of carbonyl (C=O) groups is 2. The Labute approximate surface area is 150 Å². The summed E-state index contributed by atoms with van der Waals surface area (Å²) in [6, 6.07) is 13.7. The minimum atomic E-state index is -0.780. The third-order valence-corrected chi connectivity index (χ3v) is 4.71. The van der Waals surface area contributed by atoms with Crippen LogP contribution in [0, 0.1) is 5.82 Å². The van der Waals surface area contributed by atoms with Crippen molar-refractivity contribution in [2.75, 3.05) is 13.7 Å². The monoisotopic (exact) mass is 362 g/mol. The van der Waals surface area contributed by atoms with E-state index < -0.39 is 23.0 Å². The zero-order valence-corrected chi connectivity index (χ0v) is 14.8. The van der Waals surface area contributed by atoms with Crippen LogP contribution in [0.25, 0.3) is 0 Å². The van der Waals surface area contributed by atoms with Gasteiger partial charge in [-0.3, -0.25) is 9.59 Å². The van der Waals surface area contributed by atoms with Crippen LogP contribution in [0.1, 0.15) is 23.3 Å². The summed E-state index contributed by atoms with van der Waals surface area (Å²) in [5.41, 5.74) is 0.563. The number of thioether (sulfide) groups is 1. The maximum absolute atomic E-state index is 14.3. The average Bonchev–Trinajstić information content (AvgIpc) is 2.62. The highest BCUT2D eigenvalue weighted by Crippen LogP contribution is 2.38. The second-order valence-electron chi connectivity index (χ2n) is 5.12. The summed E-state index contributed by atoms with van der Waals surface area (Å²) in [7, 11) is 1.24. The van der Waals surface area contributed by atoms with Gasteiger partial charge in [-0.2, -0.15) is 0 Å². The molecule has 0 amide bonds. The summed E-state index contributed by atoms with van der Waals surface area (Å²) in [5, 5.41) is -0.780. The van der Waals surface area contributed by atoms with Crippen LogP contribution in [0.3, 0.4) is 0 Å². The number of halogens is 1. The average molecular weight is 362 g/mol. The van der Waals surface area contributed by atoms with E-state index in [-0.39, 0.29) is 18.6 Å². The molecule has 2 aromatic rings. The number of benzene rings is 2. The number of hydrogen-bond acceptors (Lipinski definition) is 5. The maximum atomic E-state index is 14.3. The SMILES string of the molecule is CCOC(=O)[C@H](Sc1ccccc1)c1cccc(F)c1CC(=O)OC. The van der Waals surface area contributed by atoms with Crippen molar-refractivity contribution in [2.24, 2.45) is 0 Å². The van der Waals surface area contributed by atoms with Gasteiger partial charge in [-0.05, 0) is 30.7 Å². The van der Waals surface area contributed by atoms with Crippen LogP contribution < -0.4 is 0 Å². The molecule has 6 heteroatoms. The van der Waals surface area contributed by atoms with Crippen molar-refractivity contribution in [1.82, 2.24) is 0 Å². The van der Waals surface area contributed by atoms with Crippen LogP contribution in [0.4, 0.5) is 4.39 Å². The standard InChI is InChI=1S/C19H19FO4S/c1-3-24-19(22)18(25-13-8-5-4-6-9-13)14-10-7-11-16(20)15(14)12-17(21)23-2/h4-11,18H,3,12H2,1-2H3/t18-/m1/s1. The van der Waals surface area contributed by atoms with E-state index in [0.29, 0.717) is 5.56 Å². The number of rotatable bonds is 7. The van der Waals surface area contributed by atoms with Crippen LogP contribution >= 0.6 is 11.8 Å². The molecule has 0 aliphatic heterocycles. The van der Waals surface area contributed by atoms with Gasteiger partial charge in [0.2, 0.25) is 0 Å². The van der Waals surface area contributed by atoms with Gasteiger partial charge in [0.05, 0.1) is 20.1 Å². The van der Waals surface area contributed by atoms with Gasteiger partial charge >= 0.3 is 11.9 Å². The summed E-state index contributed by atoms with van der Waals surface area (Å²) in [5.74, 6) is -1.60. The van der Waals surface area contributed by atoms with E-state index in [1.54, 1.807) is 13.0 Å². The molecule has 25 heavy (non-hydrogen) atoms. The van der Waals surface area contributed by atoms with Crippen LogP contribution in [-0.4, -0.2) is 25.7 Å². The van der Waals surface area contributed by atoms with Gasteiger partial charge < -0.3 is 9.47 Å². The van der Waals surface area contributed by atoms with Crippen molar-refractivity contribution >= 4 is 23.7 Å². The number of methoxy groups -OCH3 is 1. The Bertz CT molecular complexity index is 733. The molecule has 2 rings (SSSR count). The summed E-state index contributed by atoms with van der Waals surface area (Å²) in [4.78, 5) is 25.0. The molecule has 4 nitrogen and oxygen atoms in total. The third-order valence-electron chi connectivity index (χ3n) is 3.48. The van der Waals surface area contributed by atoms with Gasteiger partial charge in [0.1, 0.15) is 11.1 Å². The van der Waals surface area contributed by atoms with Gasteiger partial charge in [-0.1, -0.05) is 30.3 Å². The number of carbonyl (C=O) groups excluding carboxylic acids is 2. The Morgan fingerprint density at radius 1 is 1.12 bits per heavy atom. The van der Waals surface area contributed by atoms with E-state index in [0.717, 1.165) is 4.90 Å². The van der Waals surface area contributed by atoms with Crippen molar-refractivity contribution in [1.29, 1.82) is 0 Å². The Kier molecular flexibility index (Phi) is 7.01. The van der Waals surface area contributed by atoms with E-state index in [1.807, 2.05) is 30.3 Å². The minimum absolute atomic E-state index is 0.149. The van der Waals surface area contributed by atoms with Crippen molar-refractivity contribution < 1.29 is 23.5 Å². The van der Waals surface area contributed by atoms with E-state index in [9.17, 15) is 14.0 Å². The first kappa shape index (κ1) is 19.0. The zero-order valence-electron chi connectivity index (χ0n) is 14.0. The fourth-order valence-corrected chi connectivity index (χ4v) is 3.41. The first-order valence-corrected chi connectivity index (χ1v) is 8.67. The second kappa shape index (κ2) is 9.22. The van der Waals surface area contributed by atoms with Crippen molar-refractivity contribution in [3.8, 4) is 0 Å². The quantitative estimate of drug-likeness (QED) is 0.552. The lowest BCUT2D eigenvalue weighted by atomic mass is 10.0. The Balaban J connectivity index is 2.44. The van der Waals surface area contributed by atoms with Gasteiger partial charge in [-0.15, -0.1) is 11.8 Å². The molecular formula is C19H19FO4S. The fourth-order valence-electron chi connectivity index (χ4n) is 2.32. The van der Waals surface area contributed by atoms with E-state index in [1.165, 1.54) is 31.0 Å². The Morgan fingerprint density at radius 2 is 1.84 bits per heavy atom. The predicted octanol–water partition coefficient (Wildman–Crippen LogP) is 3.94. The highest BCUT2D eigenvalue weighted by Gasteiger charge is 2.28. The molecule has 0 unspecified atom stereocenters. The maximum Gasteiger partial charge on any atom is 0.323 e. The molecule has 0 bridgehead atoms. The minimum Gasteiger partial charge on any atom is -0.469 e. The Morgan fingerprint density at radius 3 is 2.48 bits per heavy atom. The normalized spacial score (nSPS) is 11.6. The molecule has 0 spiro atoms. The lowest BCUT2D eigenvalue weighted by Gasteiger charge is -2.19.